The Bertz CT molecular complexity index is 1250. The standard InChI is InChI=1S/C36H59F2N7O4/c1-7-27(46)42-16-17-43(21(4)19-42)32-23-18-25(38)30-28-24(37)11-8-12-26(28)44(34(47)36(5,6)49)15-9-10-22-13-14-39-29(20(2)3)31(22)45(33(23)40-30)35(48)41-32/h7,20-26,28-33,39-40,49H,1,8-19H2,2-6H3,(H,41,48)/t21-,22?,23?,24?,25?,26?,28?,29?,30?,31?,32?,33?/m0/s1. The normalized spacial score (nSPS) is 40.8. The largest absolute Gasteiger partial charge is 0.381 e. The summed E-state index contributed by atoms with van der Waals surface area (Å²) in [5.74, 6) is -1.41. The van der Waals surface area contributed by atoms with E-state index in [-0.39, 0.29) is 60.7 Å². The number of piperazine rings is 1. The fourth-order valence-corrected chi connectivity index (χ4v) is 10.3. The molecule has 1 aliphatic carbocycles. The van der Waals surface area contributed by atoms with Crippen LogP contribution in [0, 0.1) is 23.7 Å². The van der Waals surface area contributed by atoms with Crippen LogP contribution < -0.4 is 16.0 Å². The molecule has 0 aromatic heterocycles. The smallest absolute Gasteiger partial charge is 0.320 e. The zero-order valence-corrected chi connectivity index (χ0v) is 30.0. The SMILES string of the molecule is C=CC(=O)N1CCN(C2NC(=O)N3C4NC(C(F)CC42)C2C(F)CCCC2N(C(=O)C(C)(C)O)CCCC2CCNC(C(C)C)C23)[C@@H](C)C1. The molecule has 5 heterocycles. The lowest BCUT2D eigenvalue weighted by Crippen LogP contribution is -2.80. The number of hydrogen-bond donors (Lipinski definition) is 4. The van der Waals surface area contributed by atoms with E-state index in [1.807, 2.05) is 11.8 Å². The molecule has 5 aliphatic heterocycles. The first-order valence-electron chi connectivity index (χ1n) is 18.8. The number of fused-ring (bicyclic) bond motifs is 5. The van der Waals surface area contributed by atoms with Gasteiger partial charge in [-0.1, -0.05) is 20.4 Å². The number of hydrogen-bond acceptors (Lipinski definition) is 7. The first-order valence-corrected chi connectivity index (χ1v) is 18.8. The zero-order valence-electron chi connectivity index (χ0n) is 30.0. The number of halogens is 2. The lowest BCUT2D eigenvalue weighted by molar-refractivity contribution is -0.156. The number of amides is 4. The van der Waals surface area contributed by atoms with Gasteiger partial charge >= 0.3 is 6.03 Å². The van der Waals surface area contributed by atoms with E-state index in [1.54, 1.807) is 9.80 Å². The van der Waals surface area contributed by atoms with Gasteiger partial charge in [-0.15, -0.1) is 0 Å². The Morgan fingerprint density at radius 2 is 1.80 bits per heavy atom. The number of aliphatic hydroxyl groups is 1. The number of rotatable bonds is 4. The van der Waals surface area contributed by atoms with Crippen molar-refractivity contribution >= 4 is 17.8 Å². The Balaban J connectivity index is 1.42. The molecule has 13 heteroatoms. The Hall–Kier alpha value is -2.35. The van der Waals surface area contributed by atoms with Crippen molar-refractivity contribution < 1.29 is 28.3 Å². The molecule has 12 atom stereocenters. The molecule has 49 heavy (non-hydrogen) atoms. The highest BCUT2D eigenvalue weighted by Crippen LogP contribution is 2.44. The average molecular weight is 692 g/mol. The van der Waals surface area contributed by atoms with Crippen molar-refractivity contribution in [3.63, 3.8) is 0 Å². The van der Waals surface area contributed by atoms with E-state index in [0.717, 1.165) is 19.4 Å². The Morgan fingerprint density at radius 1 is 1.04 bits per heavy atom. The number of nitrogens with one attached hydrogen (secondary N) is 3. The van der Waals surface area contributed by atoms with E-state index < -0.39 is 54.2 Å². The molecule has 276 valence electrons. The van der Waals surface area contributed by atoms with Crippen LogP contribution in [-0.4, -0.2) is 136 Å². The molecule has 4 amide bonds. The second kappa shape index (κ2) is 14.3. The van der Waals surface area contributed by atoms with Gasteiger partial charge in [0.1, 0.15) is 17.9 Å². The summed E-state index contributed by atoms with van der Waals surface area (Å²) < 4.78 is 33.3. The van der Waals surface area contributed by atoms with Crippen LogP contribution >= 0.6 is 0 Å². The number of alkyl halides is 2. The van der Waals surface area contributed by atoms with Gasteiger partial charge in [-0.2, -0.15) is 0 Å². The van der Waals surface area contributed by atoms with Crippen LogP contribution in [0.5, 0.6) is 0 Å². The van der Waals surface area contributed by atoms with Gasteiger partial charge in [-0.05, 0) is 90.2 Å². The summed E-state index contributed by atoms with van der Waals surface area (Å²) in [5.41, 5.74) is -1.65. The molecular weight excluding hydrogens is 632 g/mol. The fraction of sp³-hybridized carbons (Fsp3) is 0.861. The molecule has 0 aromatic carbocycles. The van der Waals surface area contributed by atoms with Gasteiger partial charge in [0.05, 0.1) is 18.4 Å². The highest BCUT2D eigenvalue weighted by atomic mass is 19.1. The first-order chi connectivity index (χ1) is 23.2. The third-order valence-electron chi connectivity index (χ3n) is 12.6. The molecule has 0 radical (unpaired) electrons. The van der Waals surface area contributed by atoms with Crippen LogP contribution in [0.15, 0.2) is 12.7 Å². The predicted octanol–water partition coefficient (Wildman–Crippen LogP) is 2.60. The van der Waals surface area contributed by atoms with Gasteiger partial charge in [0.2, 0.25) is 5.91 Å². The van der Waals surface area contributed by atoms with Crippen molar-refractivity contribution in [1.29, 1.82) is 0 Å². The van der Waals surface area contributed by atoms with Crippen molar-refractivity contribution in [3.05, 3.63) is 12.7 Å². The highest BCUT2D eigenvalue weighted by Gasteiger charge is 2.58. The summed E-state index contributed by atoms with van der Waals surface area (Å²) >= 11 is 0. The molecule has 0 spiro atoms. The van der Waals surface area contributed by atoms with Gasteiger partial charge in [0, 0.05) is 62.2 Å². The lowest BCUT2D eigenvalue weighted by atomic mass is 9.70. The van der Waals surface area contributed by atoms with E-state index in [0.29, 0.717) is 45.4 Å². The van der Waals surface area contributed by atoms with Gasteiger partial charge in [-0.3, -0.25) is 19.8 Å². The summed E-state index contributed by atoms with van der Waals surface area (Å²) in [7, 11) is 0. The van der Waals surface area contributed by atoms with E-state index >= 15 is 8.78 Å². The van der Waals surface area contributed by atoms with Gasteiger partial charge in [0.25, 0.3) is 5.91 Å². The van der Waals surface area contributed by atoms with Crippen LogP contribution in [0.25, 0.3) is 0 Å². The summed E-state index contributed by atoms with van der Waals surface area (Å²) in [6, 6.07) is -2.00. The monoisotopic (exact) mass is 691 g/mol. The molecule has 6 rings (SSSR count). The predicted molar refractivity (Wildman–Crippen MR) is 183 cm³/mol. The molecule has 11 unspecified atom stereocenters. The quantitative estimate of drug-likeness (QED) is 0.335. The zero-order chi connectivity index (χ0) is 35.4. The summed E-state index contributed by atoms with van der Waals surface area (Å²) in [4.78, 5) is 48.5. The summed E-state index contributed by atoms with van der Waals surface area (Å²) in [6.45, 7) is 15.5. The second-order valence-electron chi connectivity index (χ2n) is 16.5. The molecule has 1 saturated carbocycles. The van der Waals surface area contributed by atoms with Crippen molar-refractivity contribution in [2.75, 3.05) is 32.7 Å². The van der Waals surface area contributed by atoms with Crippen LogP contribution in [0.3, 0.4) is 0 Å². The molecule has 4 N–H and O–H groups in total. The molecule has 5 saturated heterocycles. The molecule has 11 nitrogen and oxygen atoms in total. The Labute approximate surface area is 290 Å². The van der Waals surface area contributed by atoms with E-state index in [1.165, 1.54) is 19.9 Å². The van der Waals surface area contributed by atoms with E-state index in [4.69, 9.17) is 0 Å². The minimum Gasteiger partial charge on any atom is -0.381 e. The molecule has 0 aromatic rings. The van der Waals surface area contributed by atoms with Crippen LogP contribution in [0.4, 0.5) is 13.6 Å². The topological polar surface area (TPSA) is 120 Å². The number of urea groups is 1. The molecule has 6 fully saturated rings. The van der Waals surface area contributed by atoms with E-state index in [2.05, 4.69) is 41.3 Å². The van der Waals surface area contributed by atoms with Crippen molar-refractivity contribution in [2.24, 2.45) is 23.7 Å². The van der Waals surface area contributed by atoms with Gasteiger partial charge in [0.15, 0.2) is 0 Å². The number of nitrogens with zero attached hydrogens (tertiary/aromatic N) is 4. The van der Waals surface area contributed by atoms with E-state index in [9.17, 15) is 19.5 Å². The van der Waals surface area contributed by atoms with Crippen LogP contribution in [0.2, 0.25) is 0 Å². The highest BCUT2D eigenvalue weighted by molar-refractivity contribution is 5.87. The summed E-state index contributed by atoms with van der Waals surface area (Å²) in [5, 5.41) is 21.5. The summed E-state index contributed by atoms with van der Waals surface area (Å²) in [6.07, 6.45) is 1.29. The maximum Gasteiger partial charge on any atom is 0.320 e. The van der Waals surface area contributed by atoms with Crippen molar-refractivity contribution in [1.82, 2.24) is 35.6 Å². The number of carbonyl (C=O) groups excluding carboxylic acids is 3. The van der Waals surface area contributed by atoms with Gasteiger partial charge < -0.3 is 30.4 Å². The lowest BCUT2D eigenvalue weighted by Gasteiger charge is -2.60. The van der Waals surface area contributed by atoms with Gasteiger partial charge in [-0.25, -0.2) is 13.6 Å². The average Bonchev–Trinajstić information content (AvgIpc) is 3.05. The maximum atomic E-state index is 17.0. The van der Waals surface area contributed by atoms with Crippen LogP contribution in [-0.2, 0) is 9.59 Å². The minimum atomic E-state index is -1.65. The first kappa shape index (κ1) is 36.4. The Kier molecular flexibility index (Phi) is 10.7. The maximum absolute atomic E-state index is 17.0. The third-order valence-corrected chi connectivity index (χ3v) is 12.6. The molecule has 6 aliphatic rings. The second-order valence-corrected chi connectivity index (χ2v) is 16.5. The minimum absolute atomic E-state index is 0.00848. The third kappa shape index (κ3) is 6.85. The van der Waals surface area contributed by atoms with Crippen molar-refractivity contribution in [3.8, 4) is 0 Å². The van der Waals surface area contributed by atoms with Crippen molar-refractivity contribution in [2.45, 2.75) is 140 Å². The molecule has 2 bridgehead atoms. The molecular formula is C36H59F2N7O4. The van der Waals surface area contributed by atoms with Crippen LogP contribution in [0.1, 0.15) is 79.6 Å². The Morgan fingerprint density at radius 3 is 2.47 bits per heavy atom. The number of carbonyl (C=O) groups is 3. The fourth-order valence-electron chi connectivity index (χ4n) is 10.3. The number of piperidine rings is 2.